The molecule has 1 heterocycles. The van der Waals surface area contributed by atoms with Crippen LogP contribution < -0.4 is 5.73 Å². The van der Waals surface area contributed by atoms with Gasteiger partial charge in [-0.1, -0.05) is 25.6 Å². The highest BCUT2D eigenvalue weighted by Crippen LogP contribution is 2.16. The second-order valence-corrected chi connectivity index (χ2v) is 4.84. The molecule has 0 aromatic carbocycles. The second-order valence-electron chi connectivity index (χ2n) is 4.06. The van der Waals surface area contributed by atoms with Crippen molar-refractivity contribution in [3.63, 3.8) is 0 Å². The van der Waals surface area contributed by atoms with Gasteiger partial charge in [0.15, 0.2) is 5.16 Å². The predicted molar refractivity (Wildman–Crippen MR) is 62.7 cm³/mol. The summed E-state index contributed by atoms with van der Waals surface area (Å²) in [6.07, 6.45) is 4.13. The number of rotatable bonds is 6. The molecule has 0 saturated heterocycles. The number of nitrogens with zero attached hydrogens (tertiary/aromatic N) is 3. The molecule has 1 aromatic heterocycles. The highest BCUT2D eigenvalue weighted by Gasteiger charge is 2.11. The van der Waals surface area contributed by atoms with Gasteiger partial charge in [0.05, 0.1) is 6.54 Å². The summed E-state index contributed by atoms with van der Waals surface area (Å²) in [5, 5.41) is 9.47. The molecule has 0 saturated carbocycles. The minimum Gasteiger partial charge on any atom is -0.358 e. The zero-order valence-corrected chi connectivity index (χ0v) is 10.7. The van der Waals surface area contributed by atoms with Crippen LogP contribution >= 0.6 is 11.8 Å². The fraction of sp³-hybridized carbons (Fsp3) is 0.800. The van der Waals surface area contributed by atoms with E-state index in [1.807, 2.05) is 6.26 Å². The molecule has 5 heteroatoms. The van der Waals surface area contributed by atoms with Gasteiger partial charge in [-0.05, 0) is 12.2 Å². The molecule has 0 aliphatic rings. The Labute approximate surface area is 95.6 Å². The maximum atomic E-state index is 4.24. The van der Waals surface area contributed by atoms with Crippen molar-refractivity contribution in [2.45, 2.75) is 38.4 Å². The van der Waals surface area contributed by atoms with Gasteiger partial charge in [0.1, 0.15) is 5.82 Å². The van der Waals surface area contributed by atoms with E-state index in [9.17, 15) is 0 Å². The zero-order chi connectivity index (χ0) is 11.3. The van der Waals surface area contributed by atoms with E-state index in [-0.39, 0.29) is 0 Å². The summed E-state index contributed by atoms with van der Waals surface area (Å²) in [6, 6.07) is 0. The molecule has 0 unspecified atom stereocenters. The summed E-state index contributed by atoms with van der Waals surface area (Å²) in [5.74, 6) is 1.74. The minimum atomic E-state index is 0.630. The lowest BCUT2D eigenvalue weighted by Gasteiger charge is -2.10. The highest BCUT2D eigenvalue weighted by atomic mass is 32.2. The van der Waals surface area contributed by atoms with E-state index < -0.39 is 0 Å². The molecule has 1 aromatic rings. The number of quaternary nitrogens is 1. The summed E-state index contributed by atoms with van der Waals surface area (Å²) in [5.41, 5.74) is 3.86. The molecule has 0 spiro atoms. The van der Waals surface area contributed by atoms with Crippen molar-refractivity contribution < 1.29 is 5.73 Å². The molecule has 0 amide bonds. The van der Waals surface area contributed by atoms with Crippen molar-refractivity contribution in [1.29, 1.82) is 0 Å². The molecule has 4 nitrogen and oxygen atoms in total. The number of thioether (sulfide) groups is 1. The van der Waals surface area contributed by atoms with Crippen molar-refractivity contribution in [3.8, 4) is 0 Å². The summed E-state index contributed by atoms with van der Waals surface area (Å²) in [7, 11) is 0. The fourth-order valence-electron chi connectivity index (χ4n) is 1.49. The van der Waals surface area contributed by atoms with Crippen molar-refractivity contribution in [2.75, 3.05) is 12.8 Å². The lowest BCUT2D eigenvalue weighted by Crippen LogP contribution is -2.50. The van der Waals surface area contributed by atoms with Crippen molar-refractivity contribution >= 4 is 11.8 Å². The first-order chi connectivity index (χ1) is 7.19. The maximum Gasteiger partial charge on any atom is 0.190 e. The third kappa shape index (κ3) is 3.50. The van der Waals surface area contributed by atoms with Gasteiger partial charge in [-0.3, -0.25) is 0 Å². The maximum absolute atomic E-state index is 4.24. The smallest absolute Gasteiger partial charge is 0.190 e. The minimum absolute atomic E-state index is 0.630. The van der Waals surface area contributed by atoms with Gasteiger partial charge in [0.2, 0.25) is 0 Å². The van der Waals surface area contributed by atoms with Crippen molar-refractivity contribution in [2.24, 2.45) is 5.92 Å². The van der Waals surface area contributed by atoms with Crippen LogP contribution in [0, 0.1) is 5.92 Å². The predicted octanol–water partition coefficient (Wildman–Crippen LogP) is 0.830. The monoisotopic (exact) mass is 229 g/mol. The molecule has 0 aliphatic heterocycles. The molecule has 0 fully saturated rings. The number of aromatic nitrogens is 3. The van der Waals surface area contributed by atoms with Gasteiger partial charge >= 0.3 is 0 Å². The summed E-state index contributed by atoms with van der Waals surface area (Å²) in [6.45, 7) is 6.41. The molecular formula is C10H21N4S+. The molecule has 0 atom stereocenters. The van der Waals surface area contributed by atoms with Gasteiger partial charge in [0.25, 0.3) is 0 Å². The van der Waals surface area contributed by atoms with Crippen LogP contribution in [0.5, 0.6) is 0 Å². The van der Waals surface area contributed by atoms with Crippen molar-refractivity contribution in [1.82, 2.24) is 14.8 Å². The quantitative estimate of drug-likeness (QED) is 0.735. The summed E-state index contributed by atoms with van der Waals surface area (Å²) in [4.78, 5) is 0. The number of aryl methyl sites for hydroxylation is 1. The normalized spacial score (nSPS) is 11.3. The largest absolute Gasteiger partial charge is 0.358 e. The first kappa shape index (κ1) is 12.5. The summed E-state index contributed by atoms with van der Waals surface area (Å²) >= 11 is 1.67. The van der Waals surface area contributed by atoms with E-state index in [1.165, 1.54) is 0 Å². The molecule has 1 rings (SSSR count). The molecule has 0 aliphatic carbocycles. The molecule has 15 heavy (non-hydrogen) atoms. The average Bonchev–Trinajstić information content (AvgIpc) is 2.57. The number of hydrogen-bond acceptors (Lipinski definition) is 3. The van der Waals surface area contributed by atoms with Gasteiger partial charge in [-0.2, -0.15) is 0 Å². The van der Waals surface area contributed by atoms with Crippen LogP contribution in [0.25, 0.3) is 0 Å². The lowest BCUT2D eigenvalue weighted by molar-refractivity contribution is -0.368. The van der Waals surface area contributed by atoms with Crippen molar-refractivity contribution in [3.05, 3.63) is 5.82 Å². The third-order valence-corrected chi connectivity index (χ3v) is 2.84. The Bertz CT molecular complexity index is 296. The van der Waals surface area contributed by atoms with Crippen LogP contribution in [0.15, 0.2) is 5.16 Å². The lowest BCUT2D eigenvalue weighted by atomic mass is 10.2. The fourth-order valence-corrected chi connectivity index (χ4v) is 2.01. The van der Waals surface area contributed by atoms with E-state index in [4.69, 9.17) is 0 Å². The van der Waals surface area contributed by atoms with Gasteiger partial charge < -0.3 is 10.3 Å². The molecular weight excluding hydrogens is 208 g/mol. The standard InChI is InChI=1S/C10H20N4S/c1-8(2)7-14-9(5-4-6-11)12-13-10(14)15-3/h8H,4-7,11H2,1-3H3/p+1. The van der Waals surface area contributed by atoms with E-state index in [0.717, 1.165) is 36.9 Å². The van der Waals surface area contributed by atoms with E-state index >= 15 is 0 Å². The Morgan fingerprint density at radius 1 is 1.40 bits per heavy atom. The Kier molecular flexibility index (Phi) is 5.11. The van der Waals surface area contributed by atoms with Crippen LogP contribution in [0.1, 0.15) is 26.1 Å². The topological polar surface area (TPSA) is 58.4 Å². The van der Waals surface area contributed by atoms with E-state index in [2.05, 4.69) is 34.3 Å². The molecule has 86 valence electrons. The van der Waals surface area contributed by atoms with Gasteiger partial charge in [0, 0.05) is 19.4 Å². The SMILES string of the molecule is CSc1nnc(CCC[NH3+])n1CC(C)C. The van der Waals surface area contributed by atoms with Gasteiger partial charge in [-0.25, -0.2) is 0 Å². The molecule has 0 radical (unpaired) electrons. The Balaban J connectivity index is 2.80. The average molecular weight is 229 g/mol. The second kappa shape index (κ2) is 6.12. The molecule has 3 N–H and O–H groups in total. The Hall–Kier alpha value is -0.550. The number of hydrogen-bond donors (Lipinski definition) is 1. The Morgan fingerprint density at radius 3 is 2.67 bits per heavy atom. The third-order valence-electron chi connectivity index (χ3n) is 2.17. The van der Waals surface area contributed by atoms with Gasteiger partial charge in [-0.15, -0.1) is 10.2 Å². The van der Waals surface area contributed by atoms with Crippen LogP contribution in [0.4, 0.5) is 0 Å². The van der Waals surface area contributed by atoms with Crippen LogP contribution in [-0.4, -0.2) is 27.6 Å². The zero-order valence-electron chi connectivity index (χ0n) is 9.86. The highest BCUT2D eigenvalue weighted by molar-refractivity contribution is 7.98. The van der Waals surface area contributed by atoms with E-state index in [1.54, 1.807) is 11.8 Å². The first-order valence-corrected chi connectivity index (χ1v) is 6.66. The first-order valence-electron chi connectivity index (χ1n) is 5.44. The summed E-state index contributed by atoms with van der Waals surface area (Å²) < 4.78 is 2.24. The van der Waals surface area contributed by atoms with Crippen LogP contribution in [-0.2, 0) is 13.0 Å². The van der Waals surface area contributed by atoms with E-state index in [0.29, 0.717) is 5.92 Å². The molecule has 0 bridgehead atoms. The Morgan fingerprint density at radius 2 is 2.13 bits per heavy atom. The van der Waals surface area contributed by atoms with Crippen LogP contribution in [0.2, 0.25) is 0 Å². The van der Waals surface area contributed by atoms with Crippen LogP contribution in [0.3, 0.4) is 0 Å².